The number of carbonyl (C=O) groups is 1. The number of thiazole rings is 1. The van der Waals surface area contributed by atoms with E-state index >= 15 is 0 Å². The van der Waals surface area contributed by atoms with E-state index in [1.807, 2.05) is 0 Å². The number of hydrogen-bond donors (Lipinski definition) is 1. The third kappa shape index (κ3) is 2.95. The third-order valence-electron chi connectivity index (χ3n) is 2.57. The van der Waals surface area contributed by atoms with E-state index in [-0.39, 0.29) is 10.8 Å². The van der Waals surface area contributed by atoms with Crippen molar-refractivity contribution in [2.45, 2.75) is 33.1 Å². The standard InChI is InChI=1S/C11H18N2O2S/c1-4-5-6-7-12-10(14)9-8(2)13(3)11(15)16-9/h4-7H2,1-3H3,(H,12,14). The Labute approximate surface area is 99.3 Å². The zero-order chi connectivity index (χ0) is 12.1. The van der Waals surface area contributed by atoms with E-state index in [9.17, 15) is 9.59 Å². The van der Waals surface area contributed by atoms with E-state index < -0.39 is 0 Å². The zero-order valence-electron chi connectivity index (χ0n) is 10.0. The number of unbranched alkanes of at least 4 members (excludes halogenated alkanes) is 2. The summed E-state index contributed by atoms with van der Waals surface area (Å²) in [5.41, 5.74) is 0.739. The summed E-state index contributed by atoms with van der Waals surface area (Å²) in [6.45, 7) is 4.59. The minimum atomic E-state index is -0.128. The molecule has 5 heteroatoms. The SMILES string of the molecule is CCCCCNC(=O)c1sc(=O)n(C)c1C. The second-order valence-electron chi connectivity index (χ2n) is 3.80. The molecule has 0 fully saturated rings. The highest BCUT2D eigenvalue weighted by molar-refractivity contribution is 7.11. The molecule has 0 radical (unpaired) electrons. The number of nitrogens with zero attached hydrogens (tertiary/aromatic N) is 1. The Balaban J connectivity index is 2.60. The topological polar surface area (TPSA) is 51.1 Å². The summed E-state index contributed by atoms with van der Waals surface area (Å²) in [6.07, 6.45) is 3.24. The van der Waals surface area contributed by atoms with Crippen molar-refractivity contribution in [1.29, 1.82) is 0 Å². The maximum absolute atomic E-state index is 11.7. The quantitative estimate of drug-likeness (QED) is 0.799. The monoisotopic (exact) mass is 242 g/mol. The summed E-state index contributed by atoms with van der Waals surface area (Å²) in [5, 5.41) is 2.83. The minimum Gasteiger partial charge on any atom is -0.351 e. The normalized spacial score (nSPS) is 10.4. The first kappa shape index (κ1) is 13.0. The number of nitrogens with one attached hydrogen (secondary N) is 1. The van der Waals surface area contributed by atoms with Crippen LogP contribution in [0, 0.1) is 6.92 Å². The van der Waals surface area contributed by atoms with Gasteiger partial charge in [-0.25, -0.2) is 0 Å². The molecule has 90 valence electrons. The predicted molar refractivity (Wildman–Crippen MR) is 66.2 cm³/mol. The molecule has 0 aliphatic carbocycles. The highest BCUT2D eigenvalue weighted by Gasteiger charge is 2.14. The Hall–Kier alpha value is -1.10. The van der Waals surface area contributed by atoms with Crippen molar-refractivity contribution in [2.24, 2.45) is 7.05 Å². The van der Waals surface area contributed by atoms with Gasteiger partial charge in [0.15, 0.2) is 0 Å². The van der Waals surface area contributed by atoms with Gasteiger partial charge in [0.1, 0.15) is 4.88 Å². The molecule has 1 N–H and O–H groups in total. The molecule has 0 saturated heterocycles. The lowest BCUT2D eigenvalue weighted by atomic mass is 10.2. The van der Waals surface area contributed by atoms with Gasteiger partial charge in [0.25, 0.3) is 5.91 Å². The van der Waals surface area contributed by atoms with E-state index in [2.05, 4.69) is 12.2 Å². The van der Waals surface area contributed by atoms with Crippen LogP contribution in [-0.2, 0) is 7.05 Å². The van der Waals surface area contributed by atoms with E-state index in [1.165, 1.54) is 4.57 Å². The fraction of sp³-hybridized carbons (Fsp3) is 0.636. The Bertz CT molecular complexity index is 420. The van der Waals surface area contributed by atoms with Crippen molar-refractivity contribution in [3.63, 3.8) is 0 Å². The molecule has 1 aromatic heterocycles. The van der Waals surface area contributed by atoms with E-state index in [0.29, 0.717) is 11.4 Å². The molecule has 0 aromatic carbocycles. The lowest BCUT2D eigenvalue weighted by Gasteiger charge is -2.03. The first-order valence-electron chi connectivity index (χ1n) is 5.52. The van der Waals surface area contributed by atoms with Gasteiger partial charge in [0.05, 0.1) is 0 Å². The fourth-order valence-corrected chi connectivity index (χ4v) is 2.28. The molecule has 1 rings (SSSR count). The van der Waals surface area contributed by atoms with Gasteiger partial charge >= 0.3 is 4.87 Å². The van der Waals surface area contributed by atoms with Gasteiger partial charge in [0.2, 0.25) is 0 Å². The molecule has 1 heterocycles. The first-order valence-corrected chi connectivity index (χ1v) is 6.34. The lowest BCUT2D eigenvalue weighted by Crippen LogP contribution is -2.24. The summed E-state index contributed by atoms with van der Waals surface area (Å²) in [7, 11) is 1.68. The summed E-state index contributed by atoms with van der Waals surface area (Å²) in [6, 6.07) is 0. The summed E-state index contributed by atoms with van der Waals surface area (Å²) in [4.78, 5) is 23.5. The third-order valence-corrected chi connectivity index (χ3v) is 3.70. The predicted octanol–water partition coefficient (Wildman–Crippen LogP) is 1.68. The fourth-order valence-electron chi connectivity index (χ4n) is 1.39. The second-order valence-corrected chi connectivity index (χ2v) is 4.77. The molecule has 0 aliphatic heterocycles. The first-order chi connectivity index (χ1) is 7.57. The highest BCUT2D eigenvalue weighted by atomic mass is 32.1. The number of hydrogen-bond acceptors (Lipinski definition) is 3. The second kappa shape index (κ2) is 5.84. The average Bonchev–Trinajstić information content (AvgIpc) is 2.52. The number of rotatable bonds is 5. The molecule has 4 nitrogen and oxygen atoms in total. The molecule has 0 bridgehead atoms. The largest absolute Gasteiger partial charge is 0.351 e. The van der Waals surface area contributed by atoms with E-state index in [1.54, 1.807) is 14.0 Å². The molecule has 0 spiro atoms. The molecule has 1 aromatic rings. The van der Waals surface area contributed by atoms with Gasteiger partial charge in [-0.1, -0.05) is 31.1 Å². The van der Waals surface area contributed by atoms with Crippen LogP contribution in [0.2, 0.25) is 0 Å². The van der Waals surface area contributed by atoms with Gasteiger partial charge in [-0.2, -0.15) is 0 Å². The van der Waals surface area contributed by atoms with Crippen molar-refractivity contribution in [3.8, 4) is 0 Å². The van der Waals surface area contributed by atoms with E-state index in [4.69, 9.17) is 0 Å². The maximum atomic E-state index is 11.7. The summed E-state index contributed by atoms with van der Waals surface area (Å²) < 4.78 is 1.51. The highest BCUT2D eigenvalue weighted by Crippen LogP contribution is 2.09. The van der Waals surface area contributed by atoms with Gasteiger partial charge in [-0.3, -0.25) is 9.59 Å². The van der Waals surface area contributed by atoms with Crippen LogP contribution in [0.25, 0.3) is 0 Å². The van der Waals surface area contributed by atoms with Crippen LogP contribution in [0.3, 0.4) is 0 Å². The molecule has 1 amide bonds. The van der Waals surface area contributed by atoms with Crippen LogP contribution >= 0.6 is 11.3 Å². The lowest BCUT2D eigenvalue weighted by molar-refractivity contribution is 0.0956. The molecule has 0 atom stereocenters. The molecular formula is C11H18N2O2S. The van der Waals surface area contributed by atoms with Crippen LogP contribution in [0.5, 0.6) is 0 Å². The molecule has 16 heavy (non-hydrogen) atoms. The number of aromatic nitrogens is 1. The van der Waals surface area contributed by atoms with Crippen LogP contribution in [0.4, 0.5) is 0 Å². The van der Waals surface area contributed by atoms with Crippen molar-refractivity contribution >= 4 is 17.2 Å². The molecule has 0 unspecified atom stereocenters. The van der Waals surface area contributed by atoms with Crippen LogP contribution < -0.4 is 10.2 Å². The number of carbonyl (C=O) groups excluding carboxylic acids is 1. The van der Waals surface area contributed by atoms with Crippen LogP contribution in [-0.4, -0.2) is 17.0 Å². The molecule has 0 saturated carbocycles. The smallest absolute Gasteiger partial charge is 0.307 e. The Morgan fingerprint density at radius 1 is 1.44 bits per heavy atom. The van der Waals surface area contributed by atoms with Crippen molar-refractivity contribution in [2.75, 3.05) is 6.54 Å². The molecular weight excluding hydrogens is 224 g/mol. The Morgan fingerprint density at radius 3 is 2.62 bits per heavy atom. The minimum absolute atomic E-state index is 0.0868. The van der Waals surface area contributed by atoms with Crippen molar-refractivity contribution < 1.29 is 4.79 Å². The van der Waals surface area contributed by atoms with Gasteiger partial charge in [-0.05, 0) is 13.3 Å². The molecule has 0 aliphatic rings. The van der Waals surface area contributed by atoms with E-state index in [0.717, 1.165) is 36.3 Å². The average molecular weight is 242 g/mol. The van der Waals surface area contributed by atoms with Crippen LogP contribution in [0.15, 0.2) is 4.79 Å². The van der Waals surface area contributed by atoms with Gasteiger partial charge < -0.3 is 9.88 Å². The summed E-state index contributed by atoms with van der Waals surface area (Å²) in [5.74, 6) is -0.128. The number of amides is 1. The van der Waals surface area contributed by atoms with Crippen molar-refractivity contribution in [3.05, 3.63) is 20.2 Å². The van der Waals surface area contributed by atoms with Crippen LogP contribution in [0.1, 0.15) is 41.6 Å². The van der Waals surface area contributed by atoms with Gasteiger partial charge in [0, 0.05) is 19.3 Å². The van der Waals surface area contributed by atoms with Gasteiger partial charge in [-0.15, -0.1) is 0 Å². The zero-order valence-corrected chi connectivity index (χ0v) is 10.8. The maximum Gasteiger partial charge on any atom is 0.307 e. The Kier molecular flexibility index (Phi) is 4.73. The van der Waals surface area contributed by atoms with Crippen molar-refractivity contribution in [1.82, 2.24) is 9.88 Å². The summed E-state index contributed by atoms with van der Waals surface area (Å²) >= 11 is 1.01. The Morgan fingerprint density at radius 2 is 2.12 bits per heavy atom.